The third-order valence-electron chi connectivity index (χ3n) is 4.91. The van der Waals surface area contributed by atoms with Gasteiger partial charge in [0.15, 0.2) is 0 Å². The van der Waals surface area contributed by atoms with Crippen LogP contribution in [0.1, 0.15) is 37.7 Å². The van der Waals surface area contributed by atoms with Crippen molar-refractivity contribution in [1.29, 1.82) is 0 Å². The molecule has 1 heterocycles. The van der Waals surface area contributed by atoms with Gasteiger partial charge in [0.2, 0.25) is 0 Å². The van der Waals surface area contributed by atoms with E-state index in [2.05, 4.69) is 29.7 Å². The minimum atomic E-state index is -0.0693. The molecule has 0 amide bonds. The van der Waals surface area contributed by atoms with Gasteiger partial charge in [0.1, 0.15) is 5.76 Å². The Balaban J connectivity index is 1.88. The molecule has 1 aromatic carbocycles. The predicted molar refractivity (Wildman–Crippen MR) is 105 cm³/mol. The van der Waals surface area contributed by atoms with Crippen LogP contribution in [0.5, 0.6) is 0 Å². The average Bonchev–Trinajstić information content (AvgIpc) is 2.67. The second-order valence-electron chi connectivity index (χ2n) is 6.74. The highest BCUT2D eigenvalue weighted by atomic mass is 16.5. The maximum Gasteiger partial charge on any atom is 0.306 e. The van der Waals surface area contributed by atoms with E-state index in [9.17, 15) is 4.79 Å². The van der Waals surface area contributed by atoms with Crippen LogP contribution in [0.25, 0.3) is 0 Å². The van der Waals surface area contributed by atoms with Crippen molar-refractivity contribution in [3.05, 3.63) is 60.4 Å². The number of benzene rings is 1. The van der Waals surface area contributed by atoms with Crippen LogP contribution in [0, 0.1) is 5.92 Å². The molecule has 0 bridgehead atoms. The number of piperidine rings is 1. The van der Waals surface area contributed by atoms with Gasteiger partial charge in [-0.15, -0.1) is 6.58 Å². The summed E-state index contributed by atoms with van der Waals surface area (Å²) in [4.78, 5) is 14.0. The Labute approximate surface area is 157 Å². The highest BCUT2D eigenvalue weighted by Crippen LogP contribution is 2.24. The molecule has 1 saturated heterocycles. The summed E-state index contributed by atoms with van der Waals surface area (Å²) in [5.74, 6) is 1.47. The number of ether oxygens (including phenoxy) is 2. The average molecular weight is 357 g/mol. The number of methoxy groups -OCH3 is 1. The van der Waals surface area contributed by atoms with E-state index in [1.165, 1.54) is 5.56 Å². The van der Waals surface area contributed by atoms with Crippen molar-refractivity contribution in [3.63, 3.8) is 0 Å². The molecule has 0 aromatic heterocycles. The molecule has 4 nitrogen and oxygen atoms in total. The fourth-order valence-electron chi connectivity index (χ4n) is 3.39. The molecule has 2 rings (SSSR count). The van der Waals surface area contributed by atoms with Crippen LogP contribution in [0.15, 0.2) is 54.8 Å². The van der Waals surface area contributed by atoms with Crippen molar-refractivity contribution in [3.8, 4) is 0 Å². The fraction of sp³-hybridized carbons (Fsp3) is 0.500. The van der Waals surface area contributed by atoms with Crippen LogP contribution in [0.3, 0.4) is 0 Å². The first-order valence-electron chi connectivity index (χ1n) is 9.46. The van der Waals surface area contributed by atoms with Gasteiger partial charge in [-0.1, -0.05) is 36.4 Å². The number of hydrogen-bond acceptors (Lipinski definition) is 4. The largest absolute Gasteiger partial charge is 0.500 e. The van der Waals surface area contributed by atoms with Crippen LogP contribution in [0.4, 0.5) is 0 Å². The fourth-order valence-corrected chi connectivity index (χ4v) is 3.39. The van der Waals surface area contributed by atoms with E-state index in [-0.39, 0.29) is 11.9 Å². The summed E-state index contributed by atoms with van der Waals surface area (Å²) in [6, 6.07) is 10.3. The zero-order chi connectivity index (χ0) is 18.8. The second-order valence-corrected chi connectivity index (χ2v) is 6.74. The highest BCUT2D eigenvalue weighted by molar-refractivity contribution is 5.69. The molecule has 0 saturated carbocycles. The first-order chi connectivity index (χ1) is 12.7. The van der Waals surface area contributed by atoms with Crippen molar-refractivity contribution in [2.75, 3.05) is 33.4 Å². The van der Waals surface area contributed by atoms with Gasteiger partial charge in [0, 0.05) is 12.3 Å². The number of esters is 1. The monoisotopic (exact) mass is 357 g/mol. The molecule has 0 radical (unpaired) electrons. The normalized spacial score (nSPS) is 17.5. The lowest BCUT2D eigenvalue weighted by Gasteiger charge is -2.32. The number of hydrogen-bond donors (Lipinski definition) is 0. The molecule has 1 aliphatic heterocycles. The highest BCUT2D eigenvalue weighted by Gasteiger charge is 2.22. The summed E-state index contributed by atoms with van der Waals surface area (Å²) >= 11 is 0. The van der Waals surface area contributed by atoms with E-state index >= 15 is 0 Å². The Hall–Kier alpha value is -2.07. The number of carbonyl (C=O) groups is 1. The lowest BCUT2D eigenvalue weighted by Crippen LogP contribution is -2.36. The predicted octanol–water partition coefficient (Wildman–Crippen LogP) is 4.15. The molecule has 0 spiro atoms. The van der Waals surface area contributed by atoms with Crippen molar-refractivity contribution in [2.24, 2.45) is 5.92 Å². The van der Waals surface area contributed by atoms with Gasteiger partial charge in [0.25, 0.3) is 0 Å². The van der Waals surface area contributed by atoms with Gasteiger partial charge in [-0.25, -0.2) is 0 Å². The molecule has 4 heteroatoms. The zero-order valence-corrected chi connectivity index (χ0v) is 16.0. The molecular weight excluding hydrogens is 326 g/mol. The van der Waals surface area contributed by atoms with E-state index in [0.29, 0.717) is 18.9 Å². The summed E-state index contributed by atoms with van der Waals surface area (Å²) in [5.41, 5.74) is 1.21. The summed E-state index contributed by atoms with van der Waals surface area (Å²) in [5, 5.41) is 0. The summed E-state index contributed by atoms with van der Waals surface area (Å²) in [6.45, 7) is 9.04. The first-order valence-corrected chi connectivity index (χ1v) is 9.46. The third-order valence-corrected chi connectivity index (χ3v) is 4.91. The van der Waals surface area contributed by atoms with Crippen LogP contribution >= 0.6 is 0 Å². The molecule has 1 aliphatic rings. The maximum absolute atomic E-state index is 11.6. The maximum atomic E-state index is 11.6. The van der Waals surface area contributed by atoms with Gasteiger partial charge in [-0.05, 0) is 50.4 Å². The molecule has 26 heavy (non-hydrogen) atoms. The molecule has 1 fully saturated rings. The van der Waals surface area contributed by atoms with Crippen LogP contribution in [-0.4, -0.2) is 44.2 Å². The number of nitrogens with zero attached hydrogens (tertiary/aromatic N) is 1. The van der Waals surface area contributed by atoms with E-state index in [4.69, 9.17) is 9.47 Å². The van der Waals surface area contributed by atoms with Crippen LogP contribution in [0.2, 0.25) is 0 Å². The Morgan fingerprint density at radius 1 is 1.31 bits per heavy atom. The summed E-state index contributed by atoms with van der Waals surface area (Å²) in [6.07, 6.45) is 6.69. The Morgan fingerprint density at radius 2 is 2.00 bits per heavy atom. The van der Waals surface area contributed by atoms with Gasteiger partial charge < -0.3 is 9.47 Å². The van der Waals surface area contributed by atoms with Gasteiger partial charge in [-0.3, -0.25) is 9.69 Å². The number of rotatable bonds is 9. The topological polar surface area (TPSA) is 38.8 Å². The van der Waals surface area contributed by atoms with E-state index in [1.807, 2.05) is 31.2 Å². The molecule has 1 atom stereocenters. The minimum Gasteiger partial charge on any atom is -0.500 e. The lowest BCUT2D eigenvalue weighted by molar-refractivity contribution is -0.144. The quantitative estimate of drug-likeness (QED) is 0.378. The number of carbonyl (C=O) groups excluding carboxylic acids is 1. The SMILES string of the molecule is C=CC(C=C(CN1CCC(CC(=O)OCC)CC1)OC)c1ccccc1. The Kier molecular flexibility index (Phi) is 8.42. The van der Waals surface area contributed by atoms with E-state index in [1.54, 1.807) is 7.11 Å². The zero-order valence-electron chi connectivity index (χ0n) is 16.0. The molecule has 1 unspecified atom stereocenters. The lowest BCUT2D eigenvalue weighted by atomic mass is 9.93. The Bertz CT molecular complexity index is 589. The van der Waals surface area contributed by atoms with Gasteiger partial charge >= 0.3 is 5.97 Å². The summed E-state index contributed by atoms with van der Waals surface area (Å²) in [7, 11) is 1.73. The second kappa shape index (κ2) is 10.8. The minimum absolute atomic E-state index is 0.0693. The van der Waals surface area contributed by atoms with Crippen molar-refractivity contribution in [2.45, 2.75) is 32.1 Å². The standard InChI is InChI=1S/C22H31NO3/c1-4-19(20-9-7-6-8-10-20)16-21(25-3)17-23-13-11-18(12-14-23)15-22(24)26-5-2/h4,6-10,16,18-19H,1,5,11-15,17H2,2-3H3. The number of likely N-dealkylation sites (tertiary alicyclic amines) is 1. The molecule has 0 N–H and O–H groups in total. The smallest absolute Gasteiger partial charge is 0.306 e. The summed E-state index contributed by atoms with van der Waals surface area (Å²) < 4.78 is 10.7. The molecule has 142 valence electrons. The van der Waals surface area contributed by atoms with E-state index < -0.39 is 0 Å². The van der Waals surface area contributed by atoms with Gasteiger partial charge in [-0.2, -0.15) is 0 Å². The van der Waals surface area contributed by atoms with Crippen molar-refractivity contribution in [1.82, 2.24) is 4.90 Å². The molecule has 0 aliphatic carbocycles. The van der Waals surface area contributed by atoms with Crippen LogP contribution in [-0.2, 0) is 14.3 Å². The molecule has 1 aromatic rings. The number of allylic oxidation sites excluding steroid dienone is 2. The molecular formula is C22H31NO3. The van der Waals surface area contributed by atoms with Crippen LogP contribution < -0.4 is 0 Å². The van der Waals surface area contributed by atoms with E-state index in [0.717, 1.165) is 38.2 Å². The Morgan fingerprint density at radius 3 is 2.58 bits per heavy atom. The van der Waals surface area contributed by atoms with Crippen molar-refractivity contribution >= 4 is 5.97 Å². The first kappa shape index (κ1) is 20.2. The third kappa shape index (κ3) is 6.34. The van der Waals surface area contributed by atoms with Gasteiger partial charge in [0.05, 0.1) is 20.3 Å². The van der Waals surface area contributed by atoms with Crippen molar-refractivity contribution < 1.29 is 14.3 Å².